The van der Waals surface area contributed by atoms with Crippen molar-refractivity contribution in [1.29, 1.82) is 0 Å². The Morgan fingerprint density at radius 2 is 0.961 bits per heavy atom. The number of carbonyl (C=O) groups is 6. The summed E-state index contributed by atoms with van der Waals surface area (Å²) < 4.78 is 32.6. The fraction of sp³-hybridized carbons (Fsp3) is 0.345. The van der Waals surface area contributed by atoms with Crippen molar-refractivity contribution in [3.63, 3.8) is 0 Å². The first kappa shape index (κ1) is 59.6. The number of hydrogen-bond donors (Lipinski definition) is 6. The van der Waals surface area contributed by atoms with Gasteiger partial charge in [0.15, 0.2) is 6.10 Å². The zero-order chi connectivity index (χ0) is 55.1. The summed E-state index contributed by atoms with van der Waals surface area (Å²) in [6, 6.07) is 32.3. The molecule has 21 heteroatoms. The van der Waals surface area contributed by atoms with Crippen LogP contribution in [-0.4, -0.2) is 184 Å². The molecule has 0 bridgehead atoms. The monoisotopic (exact) mass is 1250 g/mol. The number of benzene rings is 5. The fourth-order valence-electron chi connectivity index (χ4n) is 8.01. The van der Waals surface area contributed by atoms with Gasteiger partial charge in [0.1, 0.15) is 30.5 Å². The van der Waals surface area contributed by atoms with E-state index in [2.05, 4.69) is 0 Å². The predicted octanol–water partition coefficient (Wildman–Crippen LogP) is 3.75. The second-order valence-corrected chi connectivity index (χ2v) is 20.5. The summed E-state index contributed by atoms with van der Waals surface area (Å²) in [5.41, 5.74) is 4.94. The van der Waals surface area contributed by atoms with Crippen molar-refractivity contribution in [2.45, 2.75) is 58.5 Å². The molecular weight excluding hydrogens is 1180 g/mol. The summed E-state index contributed by atoms with van der Waals surface area (Å²) in [5, 5.41) is 57.9. The number of rotatable bonds is 35. The summed E-state index contributed by atoms with van der Waals surface area (Å²) in [6.07, 6.45) is -0.542. The van der Waals surface area contributed by atoms with Crippen molar-refractivity contribution < 1.29 is 83.1 Å². The third kappa shape index (κ3) is 21.5. The molecule has 0 fully saturated rings. The van der Waals surface area contributed by atoms with Gasteiger partial charge in [-0.25, -0.2) is 0 Å². The molecule has 0 aromatic heterocycles. The SMILES string of the molecule is CCc1cc(OCc2ccc(C)cc2)ccc1OCC(COc1ccc(OCc2cc[c]([BiH2])cc2)cc1CC(=O)O)Oc1ccc(CC(CN(CCN(CC(=O)O)CC(=O)O)CC(=O)O)N(CC(=O)O)CC(=O)O)cc1. The zero-order valence-electron chi connectivity index (χ0n) is 42.2. The molecule has 0 aliphatic rings. The van der Waals surface area contributed by atoms with Crippen LogP contribution in [0.15, 0.2) is 109 Å². The first-order valence-electron chi connectivity index (χ1n) is 24.2. The van der Waals surface area contributed by atoms with Gasteiger partial charge in [-0.05, 0) is 66.8 Å². The molecule has 2 unspecified atom stereocenters. The molecule has 0 radical (unpaired) electrons. The Hall–Kier alpha value is -7.32. The van der Waals surface area contributed by atoms with Crippen LogP contribution in [0.2, 0.25) is 0 Å². The maximum absolute atomic E-state index is 12.1. The quantitative estimate of drug-likeness (QED) is 0.0315. The summed E-state index contributed by atoms with van der Waals surface area (Å²) in [5.74, 6) is -5.31. The number of aliphatic carboxylic acids is 6. The molecule has 6 N–H and O–H groups in total. The van der Waals surface area contributed by atoms with Crippen LogP contribution in [0.5, 0.6) is 28.7 Å². The summed E-state index contributed by atoms with van der Waals surface area (Å²) in [4.78, 5) is 74.7. The minimum atomic E-state index is -1.34. The minimum absolute atomic E-state index is 0.0177. The van der Waals surface area contributed by atoms with Crippen molar-refractivity contribution in [3.8, 4) is 28.7 Å². The van der Waals surface area contributed by atoms with E-state index in [1.54, 1.807) is 42.5 Å². The first-order valence-corrected chi connectivity index (χ1v) is 26.5. The van der Waals surface area contributed by atoms with E-state index in [0.29, 0.717) is 71.9 Å². The van der Waals surface area contributed by atoms with Gasteiger partial charge in [0.25, 0.3) is 0 Å². The van der Waals surface area contributed by atoms with Gasteiger partial charge >= 0.3 is 168 Å². The number of ether oxygens (including phenoxy) is 5. The Bertz CT molecular complexity index is 2690. The van der Waals surface area contributed by atoms with E-state index in [-0.39, 0.29) is 58.0 Å². The molecule has 0 amide bonds. The average Bonchev–Trinajstić information content (AvgIpc) is 3.35. The molecule has 0 spiro atoms. The van der Waals surface area contributed by atoms with Crippen LogP contribution in [0.3, 0.4) is 0 Å². The van der Waals surface area contributed by atoms with Crippen LogP contribution in [0.4, 0.5) is 0 Å². The van der Waals surface area contributed by atoms with Crippen molar-refractivity contribution in [2.75, 3.05) is 65.6 Å². The van der Waals surface area contributed by atoms with Crippen LogP contribution in [0.1, 0.15) is 40.3 Å². The van der Waals surface area contributed by atoms with Crippen LogP contribution in [0, 0.1) is 6.92 Å². The molecule has 5 aromatic rings. The van der Waals surface area contributed by atoms with Crippen molar-refractivity contribution in [1.82, 2.24) is 14.7 Å². The van der Waals surface area contributed by atoms with Gasteiger partial charge in [0.2, 0.25) is 0 Å². The second kappa shape index (κ2) is 30.3. The molecule has 406 valence electrons. The molecule has 0 aliphatic heterocycles. The van der Waals surface area contributed by atoms with E-state index >= 15 is 0 Å². The van der Waals surface area contributed by atoms with Gasteiger partial charge in [0.05, 0.1) is 32.7 Å². The number of carboxylic acid groups (broad SMARTS) is 6. The number of aryl methyl sites for hydroxylation is 2. The minimum Gasteiger partial charge on any atom is -0.483 e. The van der Waals surface area contributed by atoms with Gasteiger partial charge in [-0.1, -0.05) is 48.9 Å². The van der Waals surface area contributed by atoms with Crippen LogP contribution >= 0.6 is 0 Å². The molecule has 0 saturated heterocycles. The van der Waals surface area contributed by atoms with Gasteiger partial charge in [-0.2, -0.15) is 0 Å². The van der Waals surface area contributed by atoms with E-state index in [1.807, 2.05) is 80.6 Å². The summed E-state index contributed by atoms with van der Waals surface area (Å²) >= 11 is 0.707. The molecular formula is C55H64BiN3O17. The molecule has 2 atom stereocenters. The van der Waals surface area contributed by atoms with E-state index in [9.17, 15) is 59.4 Å². The Morgan fingerprint density at radius 3 is 1.46 bits per heavy atom. The standard InChI is InChI=1S/C55H62N3O17.Bi.2H/c1-3-41-24-45(72-34-40-11-9-37(2)10-12-40)17-19-48(41)73-35-47(36-74-49-20-18-46(25-42(49)26-50(59)60)71-33-39-7-5-4-6-8-39)75-44-15-13-38(14-16-44)23-43(58(31-54(67)68)32-55(69)70)27-56(28-51(61)62)21-22-57(29-52(63)64)30-53(65)66;;;/h5-20,24-25,43,47H,3,21-23,26-36H2,1-2H3,(H,59,60)(H,61,62)(H,63,64)(H,65,66)(H,67,68)(H,69,70);;;. The Kier molecular flexibility index (Phi) is 23.7. The van der Waals surface area contributed by atoms with Crippen LogP contribution in [0.25, 0.3) is 0 Å². The Balaban J connectivity index is 1.39. The van der Waals surface area contributed by atoms with E-state index < -0.39 is 80.7 Å². The van der Waals surface area contributed by atoms with Gasteiger partial charge in [-0.15, -0.1) is 0 Å². The topological polar surface area (TPSA) is 280 Å². The number of carboxylic acids is 6. The third-order valence-electron chi connectivity index (χ3n) is 11.7. The number of nitrogens with zero attached hydrogens (tertiary/aromatic N) is 3. The molecule has 5 aromatic carbocycles. The maximum atomic E-state index is 12.1. The third-order valence-corrected chi connectivity index (χ3v) is 13.2. The van der Waals surface area contributed by atoms with E-state index in [4.69, 9.17) is 23.7 Å². The van der Waals surface area contributed by atoms with Gasteiger partial charge in [0, 0.05) is 25.7 Å². The first-order chi connectivity index (χ1) is 36.3. The molecule has 5 rings (SSSR count). The van der Waals surface area contributed by atoms with E-state index in [1.165, 1.54) is 13.1 Å². The molecule has 0 aliphatic carbocycles. The summed E-state index contributed by atoms with van der Waals surface area (Å²) in [6.45, 7) is 0.665. The summed E-state index contributed by atoms with van der Waals surface area (Å²) in [7, 11) is 0. The van der Waals surface area contributed by atoms with Crippen molar-refractivity contribution in [3.05, 3.63) is 143 Å². The Morgan fingerprint density at radius 1 is 0.513 bits per heavy atom. The van der Waals surface area contributed by atoms with Crippen LogP contribution in [-0.2, 0) is 61.2 Å². The van der Waals surface area contributed by atoms with Crippen molar-refractivity contribution in [2.24, 2.45) is 0 Å². The molecule has 76 heavy (non-hydrogen) atoms. The van der Waals surface area contributed by atoms with Crippen molar-refractivity contribution >= 4 is 63.8 Å². The fourth-order valence-corrected chi connectivity index (χ4v) is 8.75. The number of hydrogen-bond acceptors (Lipinski definition) is 14. The zero-order valence-corrected chi connectivity index (χ0v) is 46.7. The van der Waals surface area contributed by atoms with Crippen LogP contribution < -0.4 is 27.0 Å². The second-order valence-electron chi connectivity index (χ2n) is 18.0. The van der Waals surface area contributed by atoms with Gasteiger partial charge in [-0.3, -0.25) is 38.7 Å². The normalized spacial score (nSPS) is 12.0. The smallest absolute Gasteiger partial charge is 0.483 e. The molecule has 0 saturated carbocycles. The average molecular weight is 1250 g/mol. The Labute approximate surface area is 454 Å². The van der Waals surface area contributed by atoms with E-state index in [0.717, 1.165) is 27.2 Å². The molecule has 20 nitrogen and oxygen atoms in total. The predicted molar refractivity (Wildman–Crippen MR) is 280 cm³/mol. The van der Waals surface area contributed by atoms with Gasteiger partial charge < -0.3 is 39.7 Å². The molecule has 0 heterocycles.